The standard InChI is InChI=1S/C34H62O10/c1-3-5-7-9-11-13-15-17-19-21-23-34(33(42)44-32(41)29(38)27-36,25-30(39)43-31(40)28(37)26-35)24-22-20-18-16-14-12-10-8-6-4-2/h28-29,35-38H,3-27H2,1-2H3. The third-order valence-electron chi connectivity index (χ3n) is 8.23. The molecule has 10 heteroatoms. The van der Waals surface area contributed by atoms with Crippen LogP contribution in [0.5, 0.6) is 0 Å². The van der Waals surface area contributed by atoms with Crippen molar-refractivity contribution >= 4 is 23.9 Å². The van der Waals surface area contributed by atoms with Gasteiger partial charge in [0.05, 0.1) is 25.0 Å². The quantitative estimate of drug-likeness (QED) is 0.0448. The third kappa shape index (κ3) is 20.2. The van der Waals surface area contributed by atoms with E-state index in [1.807, 2.05) is 0 Å². The first-order valence-electron chi connectivity index (χ1n) is 17.3. The molecule has 0 aliphatic rings. The number of ether oxygens (including phenoxy) is 2. The van der Waals surface area contributed by atoms with E-state index in [9.17, 15) is 29.4 Å². The zero-order valence-electron chi connectivity index (χ0n) is 27.6. The minimum Gasteiger partial charge on any atom is -0.393 e. The van der Waals surface area contributed by atoms with Crippen LogP contribution in [0.3, 0.4) is 0 Å². The van der Waals surface area contributed by atoms with Crippen molar-refractivity contribution in [3.8, 4) is 0 Å². The first-order valence-corrected chi connectivity index (χ1v) is 17.3. The second kappa shape index (κ2) is 27.4. The Bertz CT molecular complexity index is 745. The number of esters is 4. The molecule has 0 aromatic rings. The molecule has 0 saturated carbocycles. The second-order valence-corrected chi connectivity index (χ2v) is 12.2. The van der Waals surface area contributed by atoms with E-state index in [1.165, 1.54) is 64.2 Å². The number of rotatable bonds is 29. The molecule has 2 atom stereocenters. The number of carbonyl (C=O) groups excluding carboxylic acids is 4. The van der Waals surface area contributed by atoms with Gasteiger partial charge in [-0.1, -0.05) is 142 Å². The van der Waals surface area contributed by atoms with Crippen LogP contribution in [0.15, 0.2) is 0 Å². The van der Waals surface area contributed by atoms with Crippen LogP contribution in [0, 0.1) is 5.41 Å². The fraction of sp³-hybridized carbons (Fsp3) is 0.882. The first-order chi connectivity index (χ1) is 21.2. The molecule has 0 aliphatic heterocycles. The van der Waals surface area contributed by atoms with Crippen LogP contribution in [-0.2, 0) is 28.7 Å². The molecular weight excluding hydrogens is 568 g/mol. The molecule has 4 N–H and O–H groups in total. The lowest BCUT2D eigenvalue weighted by atomic mass is 9.75. The Balaban J connectivity index is 5.43. The molecule has 0 aromatic carbocycles. The Kier molecular flexibility index (Phi) is 26.3. The Labute approximate surface area is 265 Å². The minimum atomic E-state index is -1.90. The van der Waals surface area contributed by atoms with Crippen molar-refractivity contribution in [3.05, 3.63) is 0 Å². The van der Waals surface area contributed by atoms with E-state index in [1.54, 1.807) is 0 Å². The topological polar surface area (TPSA) is 168 Å². The van der Waals surface area contributed by atoms with Crippen molar-refractivity contribution < 1.29 is 49.1 Å². The van der Waals surface area contributed by atoms with Gasteiger partial charge in [0.15, 0.2) is 12.2 Å². The Morgan fingerprint density at radius 2 is 0.841 bits per heavy atom. The third-order valence-corrected chi connectivity index (χ3v) is 8.23. The summed E-state index contributed by atoms with van der Waals surface area (Å²) in [6.07, 6.45) is 17.3. The second-order valence-electron chi connectivity index (χ2n) is 12.2. The Morgan fingerprint density at radius 3 is 1.18 bits per heavy atom. The molecule has 0 spiro atoms. The van der Waals surface area contributed by atoms with Gasteiger partial charge >= 0.3 is 23.9 Å². The molecule has 0 radical (unpaired) electrons. The maximum atomic E-state index is 13.5. The number of carbonyl (C=O) groups is 4. The Hall–Kier alpha value is -1.88. The molecule has 0 aliphatic carbocycles. The molecule has 0 amide bonds. The van der Waals surface area contributed by atoms with E-state index in [4.69, 9.17) is 19.7 Å². The lowest BCUT2D eigenvalue weighted by molar-refractivity contribution is -0.180. The molecule has 0 saturated heterocycles. The number of aliphatic hydroxyl groups is 4. The molecule has 0 heterocycles. The van der Waals surface area contributed by atoms with Gasteiger partial charge in [-0.05, 0) is 12.8 Å². The number of hydrogen-bond acceptors (Lipinski definition) is 10. The van der Waals surface area contributed by atoms with Crippen LogP contribution in [0.4, 0.5) is 0 Å². The zero-order valence-corrected chi connectivity index (χ0v) is 27.6. The predicted molar refractivity (Wildman–Crippen MR) is 168 cm³/mol. The van der Waals surface area contributed by atoms with E-state index in [2.05, 4.69) is 13.8 Å². The molecular formula is C34H62O10. The number of hydrogen-bond donors (Lipinski definition) is 4. The SMILES string of the molecule is CCCCCCCCCCCCC(CCCCCCCCCCCC)(CC(=O)OC(=O)C(O)CO)C(=O)OC(=O)C(O)CO. The van der Waals surface area contributed by atoms with Crippen LogP contribution in [0.2, 0.25) is 0 Å². The highest BCUT2D eigenvalue weighted by Crippen LogP contribution is 2.38. The highest BCUT2D eigenvalue weighted by atomic mass is 16.6. The Morgan fingerprint density at radius 1 is 0.523 bits per heavy atom. The number of aliphatic hydroxyl groups excluding tert-OH is 4. The molecule has 10 nitrogen and oxygen atoms in total. The summed E-state index contributed by atoms with van der Waals surface area (Å²) in [5.41, 5.74) is -1.49. The molecule has 0 rings (SSSR count). The van der Waals surface area contributed by atoms with Gasteiger partial charge < -0.3 is 29.9 Å². The lowest BCUT2D eigenvalue weighted by Crippen LogP contribution is -2.40. The van der Waals surface area contributed by atoms with Gasteiger partial charge in [-0.2, -0.15) is 0 Å². The summed E-state index contributed by atoms with van der Waals surface area (Å²) >= 11 is 0. The minimum absolute atomic E-state index is 0.202. The van der Waals surface area contributed by atoms with Crippen LogP contribution in [0.25, 0.3) is 0 Å². The largest absolute Gasteiger partial charge is 0.393 e. The van der Waals surface area contributed by atoms with Crippen LogP contribution in [-0.4, -0.2) is 69.7 Å². The van der Waals surface area contributed by atoms with Crippen LogP contribution in [0.1, 0.15) is 162 Å². The summed E-state index contributed by atoms with van der Waals surface area (Å²) in [6.45, 7) is 2.52. The fourth-order valence-corrected chi connectivity index (χ4v) is 5.39. The van der Waals surface area contributed by atoms with Gasteiger partial charge in [0.2, 0.25) is 0 Å². The van der Waals surface area contributed by atoms with Gasteiger partial charge in [0.25, 0.3) is 0 Å². The first kappa shape index (κ1) is 42.1. The highest BCUT2D eigenvalue weighted by Gasteiger charge is 2.44. The monoisotopic (exact) mass is 630 g/mol. The van der Waals surface area contributed by atoms with E-state index in [0.29, 0.717) is 12.8 Å². The normalized spacial score (nSPS) is 13.0. The van der Waals surface area contributed by atoms with Gasteiger partial charge in [-0.3, -0.25) is 9.59 Å². The van der Waals surface area contributed by atoms with Gasteiger partial charge in [-0.25, -0.2) is 9.59 Å². The molecule has 44 heavy (non-hydrogen) atoms. The molecule has 2 unspecified atom stereocenters. The van der Waals surface area contributed by atoms with Crippen LogP contribution < -0.4 is 0 Å². The van der Waals surface area contributed by atoms with Crippen LogP contribution >= 0.6 is 0 Å². The smallest absolute Gasteiger partial charge is 0.345 e. The summed E-state index contributed by atoms with van der Waals surface area (Å²) in [5.74, 6) is -4.72. The van der Waals surface area contributed by atoms with Crippen molar-refractivity contribution in [1.82, 2.24) is 0 Å². The summed E-state index contributed by atoms with van der Waals surface area (Å²) in [5, 5.41) is 37.4. The summed E-state index contributed by atoms with van der Waals surface area (Å²) < 4.78 is 9.67. The summed E-state index contributed by atoms with van der Waals surface area (Å²) in [4.78, 5) is 50.5. The van der Waals surface area contributed by atoms with Crippen molar-refractivity contribution in [1.29, 1.82) is 0 Å². The molecule has 0 bridgehead atoms. The van der Waals surface area contributed by atoms with Crippen molar-refractivity contribution in [2.45, 2.75) is 174 Å². The van der Waals surface area contributed by atoms with Gasteiger partial charge in [0.1, 0.15) is 0 Å². The van der Waals surface area contributed by atoms with Crippen molar-refractivity contribution in [2.24, 2.45) is 5.41 Å². The summed E-state index contributed by atoms with van der Waals surface area (Å²) in [6, 6.07) is 0. The van der Waals surface area contributed by atoms with Crippen molar-refractivity contribution in [3.63, 3.8) is 0 Å². The zero-order chi connectivity index (χ0) is 33.1. The molecule has 0 aromatic heterocycles. The van der Waals surface area contributed by atoms with Gasteiger partial charge in [0, 0.05) is 0 Å². The van der Waals surface area contributed by atoms with Crippen molar-refractivity contribution in [2.75, 3.05) is 13.2 Å². The van der Waals surface area contributed by atoms with E-state index >= 15 is 0 Å². The average molecular weight is 631 g/mol. The van der Waals surface area contributed by atoms with E-state index < -0.39 is 61.1 Å². The maximum absolute atomic E-state index is 13.5. The summed E-state index contributed by atoms with van der Waals surface area (Å²) in [7, 11) is 0. The maximum Gasteiger partial charge on any atom is 0.345 e. The highest BCUT2D eigenvalue weighted by molar-refractivity contribution is 5.94. The van der Waals surface area contributed by atoms with E-state index in [-0.39, 0.29) is 12.8 Å². The predicted octanol–water partition coefficient (Wildman–Crippen LogP) is 5.83. The van der Waals surface area contributed by atoms with Gasteiger partial charge in [-0.15, -0.1) is 0 Å². The average Bonchev–Trinajstić information content (AvgIpc) is 3.01. The molecule has 258 valence electrons. The molecule has 0 fully saturated rings. The fourth-order valence-electron chi connectivity index (χ4n) is 5.39. The number of unbranched alkanes of at least 4 members (excludes halogenated alkanes) is 18. The lowest BCUT2D eigenvalue weighted by Gasteiger charge is -2.31. The van der Waals surface area contributed by atoms with E-state index in [0.717, 1.165) is 51.4 Å².